The minimum Gasteiger partial charge on any atom is -0.477 e. The zero-order chi connectivity index (χ0) is 25.4. The fourth-order valence-electron chi connectivity index (χ4n) is 4.32. The van der Waals surface area contributed by atoms with E-state index >= 15 is 0 Å². The molecule has 5 rings (SSSR count). The Hall–Kier alpha value is -3.46. The highest BCUT2D eigenvalue weighted by Gasteiger charge is 2.27. The number of hydrogen-bond donors (Lipinski definition) is 0. The van der Waals surface area contributed by atoms with Gasteiger partial charge in [-0.15, -0.1) is 0 Å². The Morgan fingerprint density at radius 2 is 1.94 bits per heavy atom. The van der Waals surface area contributed by atoms with Crippen molar-refractivity contribution in [3.05, 3.63) is 68.2 Å². The van der Waals surface area contributed by atoms with Gasteiger partial charge in [-0.05, 0) is 63.3 Å². The van der Waals surface area contributed by atoms with Crippen molar-refractivity contribution in [1.82, 2.24) is 28.7 Å². The third-order valence-corrected chi connectivity index (χ3v) is 6.52. The Bertz CT molecular complexity index is 1520. The van der Waals surface area contributed by atoms with Crippen LogP contribution in [0, 0.1) is 5.92 Å². The highest BCUT2D eigenvalue weighted by atomic mass is 35.5. The third-order valence-electron chi connectivity index (χ3n) is 6.30. The van der Waals surface area contributed by atoms with Crippen molar-refractivity contribution in [2.45, 2.75) is 59.2 Å². The van der Waals surface area contributed by atoms with E-state index in [1.165, 1.54) is 4.57 Å². The molecule has 0 radical (unpaired) electrons. The van der Waals surface area contributed by atoms with Crippen molar-refractivity contribution in [1.29, 1.82) is 0 Å². The smallest absolute Gasteiger partial charge is 0.332 e. The molecule has 0 amide bonds. The normalized spacial score (nSPS) is 13.6. The first-order valence-corrected chi connectivity index (χ1v) is 12.7. The molecule has 1 saturated carbocycles. The number of imidazole rings is 1. The van der Waals surface area contributed by atoms with Crippen LogP contribution >= 0.6 is 11.6 Å². The Morgan fingerprint density at radius 3 is 2.61 bits per heavy atom. The van der Waals surface area contributed by atoms with E-state index in [1.54, 1.807) is 23.0 Å². The van der Waals surface area contributed by atoms with Crippen LogP contribution in [0.1, 0.15) is 51.8 Å². The fourth-order valence-corrected chi connectivity index (χ4v) is 4.43. The maximum Gasteiger partial charge on any atom is 0.332 e. The summed E-state index contributed by atoms with van der Waals surface area (Å²) in [5.74, 6) is 1.50. The van der Waals surface area contributed by atoms with Crippen LogP contribution in [-0.4, -0.2) is 35.3 Å². The Morgan fingerprint density at radius 1 is 1.14 bits per heavy atom. The predicted octanol–water partition coefficient (Wildman–Crippen LogP) is 4.30. The fraction of sp³-hybridized carbons (Fsp3) is 0.423. The van der Waals surface area contributed by atoms with Gasteiger partial charge in [0.25, 0.3) is 5.56 Å². The van der Waals surface area contributed by atoms with Crippen molar-refractivity contribution in [3.8, 4) is 17.3 Å². The van der Waals surface area contributed by atoms with Gasteiger partial charge in [-0.3, -0.25) is 18.9 Å². The average molecular weight is 509 g/mol. The van der Waals surface area contributed by atoms with Crippen molar-refractivity contribution in [3.63, 3.8) is 0 Å². The minimum absolute atomic E-state index is 0.201. The molecule has 36 heavy (non-hydrogen) atoms. The van der Waals surface area contributed by atoms with E-state index in [9.17, 15) is 9.59 Å². The summed E-state index contributed by atoms with van der Waals surface area (Å²) < 4.78 is 10.8. The van der Waals surface area contributed by atoms with E-state index in [0.29, 0.717) is 64.6 Å². The maximum atomic E-state index is 13.7. The second-order valence-corrected chi connectivity index (χ2v) is 9.91. The van der Waals surface area contributed by atoms with Crippen molar-refractivity contribution < 1.29 is 4.74 Å². The van der Waals surface area contributed by atoms with Crippen LogP contribution in [0.3, 0.4) is 0 Å². The molecule has 1 aliphatic carbocycles. The van der Waals surface area contributed by atoms with Gasteiger partial charge in [0.15, 0.2) is 11.2 Å². The number of halogens is 1. The van der Waals surface area contributed by atoms with Crippen LogP contribution in [0.5, 0.6) is 5.88 Å². The summed E-state index contributed by atoms with van der Waals surface area (Å²) in [5.41, 5.74) is 1.32. The summed E-state index contributed by atoms with van der Waals surface area (Å²) in [6, 6.07) is 7.07. The van der Waals surface area contributed by atoms with E-state index in [0.717, 1.165) is 12.8 Å². The second-order valence-electron chi connectivity index (χ2n) is 9.48. The summed E-state index contributed by atoms with van der Waals surface area (Å²) in [6.45, 7) is 6.93. The molecular weight excluding hydrogens is 480 g/mol. The van der Waals surface area contributed by atoms with Crippen LogP contribution in [0.2, 0.25) is 5.02 Å². The number of nitrogens with zero attached hydrogens (tertiary/aromatic N) is 6. The third kappa shape index (κ3) is 4.55. The Labute approximate surface area is 213 Å². The molecule has 0 aromatic carbocycles. The van der Waals surface area contributed by atoms with Gasteiger partial charge < -0.3 is 9.30 Å². The minimum atomic E-state index is -0.370. The van der Waals surface area contributed by atoms with Gasteiger partial charge in [-0.25, -0.2) is 14.8 Å². The lowest BCUT2D eigenvalue weighted by Gasteiger charge is -2.15. The molecule has 188 valence electrons. The number of ether oxygens (including phenoxy) is 1. The summed E-state index contributed by atoms with van der Waals surface area (Å²) >= 11 is 6.06. The zero-order valence-corrected chi connectivity index (χ0v) is 21.4. The lowest BCUT2D eigenvalue weighted by Crippen LogP contribution is -2.41. The topological polar surface area (TPSA) is 96.8 Å². The van der Waals surface area contributed by atoms with Gasteiger partial charge in [0.1, 0.15) is 5.82 Å². The molecule has 0 aliphatic heterocycles. The molecule has 4 heterocycles. The number of pyridine rings is 2. The van der Waals surface area contributed by atoms with Crippen LogP contribution < -0.4 is 16.0 Å². The molecule has 0 spiro atoms. The van der Waals surface area contributed by atoms with Gasteiger partial charge >= 0.3 is 5.69 Å². The van der Waals surface area contributed by atoms with E-state index in [1.807, 2.05) is 43.5 Å². The van der Waals surface area contributed by atoms with E-state index in [-0.39, 0.29) is 23.8 Å². The van der Waals surface area contributed by atoms with E-state index < -0.39 is 0 Å². The van der Waals surface area contributed by atoms with Gasteiger partial charge in [0.2, 0.25) is 5.88 Å². The van der Waals surface area contributed by atoms with Crippen LogP contribution in [-0.2, 0) is 13.1 Å². The lowest BCUT2D eigenvalue weighted by molar-refractivity contribution is 0.289. The van der Waals surface area contributed by atoms with E-state index in [2.05, 4.69) is 9.97 Å². The average Bonchev–Trinajstić information content (AvgIpc) is 3.62. The molecule has 10 heteroatoms. The van der Waals surface area contributed by atoms with Crippen molar-refractivity contribution in [2.75, 3.05) is 6.61 Å². The quantitative estimate of drug-likeness (QED) is 0.334. The maximum absolute atomic E-state index is 13.7. The lowest BCUT2D eigenvalue weighted by atomic mass is 10.2. The molecule has 1 fully saturated rings. The molecule has 1 aliphatic rings. The van der Waals surface area contributed by atoms with Gasteiger partial charge in [0, 0.05) is 25.0 Å². The molecule has 4 aromatic heterocycles. The van der Waals surface area contributed by atoms with Crippen LogP contribution in [0.4, 0.5) is 0 Å². The summed E-state index contributed by atoms with van der Waals surface area (Å²) in [6.07, 6.45) is 6.21. The van der Waals surface area contributed by atoms with Gasteiger partial charge in [-0.2, -0.15) is 0 Å². The number of fused-ring (bicyclic) bond motifs is 1. The number of aromatic nitrogens is 6. The molecule has 0 N–H and O–H groups in total. The predicted molar refractivity (Wildman–Crippen MR) is 139 cm³/mol. The number of rotatable bonds is 9. The molecule has 4 aromatic rings. The van der Waals surface area contributed by atoms with Crippen LogP contribution in [0.15, 0.2) is 46.2 Å². The molecule has 0 atom stereocenters. The van der Waals surface area contributed by atoms with Crippen molar-refractivity contribution >= 4 is 22.8 Å². The molecule has 0 unspecified atom stereocenters. The second kappa shape index (κ2) is 9.89. The summed E-state index contributed by atoms with van der Waals surface area (Å²) in [5, 5.41) is 0.524. The zero-order valence-electron chi connectivity index (χ0n) is 20.6. The summed E-state index contributed by atoms with van der Waals surface area (Å²) in [4.78, 5) is 40.9. The van der Waals surface area contributed by atoms with Gasteiger partial charge in [0.05, 0.1) is 29.4 Å². The highest BCUT2D eigenvalue weighted by molar-refractivity contribution is 6.30. The largest absolute Gasteiger partial charge is 0.477 e. The van der Waals surface area contributed by atoms with Gasteiger partial charge in [-0.1, -0.05) is 18.5 Å². The monoisotopic (exact) mass is 508 g/mol. The number of hydrogen-bond acceptors (Lipinski definition) is 6. The molecule has 9 nitrogen and oxygen atoms in total. The molecule has 0 bridgehead atoms. The summed E-state index contributed by atoms with van der Waals surface area (Å²) in [7, 11) is 0. The van der Waals surface area contributed by atoms with E-state index in [4.69, 9.17) is 21.3 Å². The molecule has 0 saturated heterocycles. The SMILES string of the molecule is CCCn1c(=O)c2c(nc(-c3cccnc3OCC3CC3)n2Cc2ccc(Cl)cn2)n(C(C)C)c1=O. The Kier molecular flexibility index (Phi) is 6.66. The Balaban J connectivity index is 1.79. The first-order valence-electron chi connectivity index (χ1n) is 12.3. The first-order chi connectivity index (χ1) is 17.4. The molecular formula is C26H29ClN6O3. The highest BCUT2D eigenvalue weighted by Crippen LogP contribution is 2.33. The van der Waals surface area contributed by atoms with Crippen LogP contribution in [0.25, 0.3) is 22.6 Å². The standard InChI is InChI=1S/C26H29ClN6O3/c1-4-12-31-25(34)21-23(33(16(2)3)26(31)35)30-22(32(21)14-19-10-9-18(27)13-29-19)20-6-5-11-28-24(20)36-15-17-7-8-17/h5-6,9-11,13,16-17H,4,7-8,12,14-15H2,1-3H3. The van der Waals surface area contributed by atoms with Crippen molar-refractivity contribution in [2.24, 2.45) is 5.92 Å². The first kappa shape index (κ1) is 24.2.